The summed E-state index contributed by atoms with van der Waals surface area (Å²) >= 11 is 1.15. The van der Waals surface area contributed by atoms with Gasteiger partial charge in [-0.05, 0) is 25.0 Å². The minimum Gasteiger partial charge on any atom is -0.289 e. The maximum atomic E-state index is 13.5. The Morgan fingerprint density at radius 2 is 2.04 bits per heavy atom. The number of benzene rings is 1. The number of halogens is 3. The van der Waals surface area contributed by atoms with Crippen molar-refractivity contribution in [3.05, 3.63) is 45.9 Å². The van der Waals surface area contributed by atoms with Crippen LogP contribution >= 0.6 is 11.3 Å². The van der Waals surface area contributed by atoms with E-state index >= 15 is 0 Å². The molecule has 0 amide bonds. The van der Waals surface area contributed by atoms with Gasteiger partial charge in [0.1, 0.15) is 0 Å². The monoisotopic (exact) mass is 382 g/mol. The Morgan fingerprint density at radius 1 is 1.31 bits per heavy atom. The van der Waals surface area contributed by atoms with Crippen molar-refractivity contribution in [3.8, 4) is 5.13 Å². The van der Waals surface area contributed by atoms with E-state index < -0.39 is 23.0 Å². The van der Waals surface area contributed by atoms with Crippen molar-refractivity contribution in [2.45, 2.75) is 32.9 Å². The van der Waals surface area contributed by atoms with Crippen molar-refractivity contribution in [2.24, 2.45) is 4.99 Å². The highest BCUT2D eigenvalue weighted by Crippen LogP contribution is 2.31. The van der Waals surface area contributed by atoms with Gasteiger partial charge in [0.25, 0.3) is 5.56 Å². The Balaban J connectivity index is 2.23. The van der Waals surface area contributed by atoms with Crippen molar-refractivity contribution >= 4 is 27.3 Å². The summed E-state index contributed by atoms with van der Waals surface area (Å²) in [6.07, 6.45) is -3.78. The molecule has 0 atom stereocenters. The van der Waals surface area contributed by atoms with Crippen LogP contribution in [-0.4, -0.2) is 27.0 Å². The largest absolute Gasteiger partial charge is 0.433 e. The third-order valence-corrected chi connectivity index (χ3v) is 4.82. The van der Waals surface area contributed by atoms with E-state index in [0.29, 0.717) is 18.5 Å². The van der Waals surface area contributed by atoms with Gasteiger partial charge in [0.15, 0.2) is 5.69 Å². The maximum Gasteiger partial charge on any atom is 0.433 e. The van der Waals surface area contributed by atoms with Crippen LogP contribution in [0.5, 0.6) is 0 Å². The molecule has 0 saturated carbocycles. The fraction of sp³-hybridized carbons (Fsp3) is 0.353. The van der Waals surface area contributed by atoms with Gasteiger partial charge >= 0.3 is 6.18 Å². The van der Waals surface area contributed by atoms with Gasteiger partial charge in [-0.25, -0.2) is 4.98 Å². The summed E-state index contributed by atoms with van der Waals surface area (Å²) in [5.74, 6) is 0. The van der Waals surface area contributed by atoms with Crippen molar-refractivity contribution < 1.29 is 13.2 Å². The lowest BCUT2D eigenvalue weighted by Gasteiger charge is -2.07. The van der Waals surface area contributed by atoms with Gasteiger partial charge in [-0.2, -0.15) is 17.9 Å². The number of hydrogen-bond acceptors (Lipinski definition) is 4. The Bertz CT molecular complexity index is 980. The SMILES string of the molecule is CCCN=C(CC)c1c(C(F)(F)F)[nH]n(-c2nc3ccccc3s2)c1=O. The van der Waals surface area contributed by atoms with E-state index in [0.717, 1.165) is 20.7 Å². The number of aromatic amines is 1. The second-order valence-electron chi connectivity index (χ2n) is 5.65. The summed E-state index contributed by atoms with van der Waals surface area (Å²) in [5.41, 5.74) is -1.51. The number of nitrogens with zero attached hydrogens (tertiary/aromatic N) is 3. The quantitative estimate of drug-likeness (QED) is 0.665. The Kier molecular flexibility index (Phi) is 4.99. The topological polar surface area (TPSA) is 63.0 Å². The molecule has 0 aliphatic rings. The van der Waals surface area contributed by atoms with Gasteiger partial charge in [0.05, 0.1) is 15.8 Å². The third kappa shape index (κ3) is 3.31. The molecule has 2 heterocycles. The van der Waals surface area contributed by atoms with E-state index in [9.17, 15) is 18.0 Å². The number of rotatable bonds is 5. The summed E-state index contributed by atoms with van der Waals surface area (Å²) in [6.45, 7) is 3.92. The van der Waals surface area contributed by atoms with Crippen LogP contribution in [0, 0.1) is 0 Å². The molecule has 9 heteroatoms. The van der Waals surface area contributed by atoms with Gasteiger partial charge in [0, 0.05) is 12.3 Å². The van der Waals surface area contributed by atoms with Crippen LogP contribution in [0.4, 0.5) is 13.2 Å². The lowest BCUT2D eigenvalue weighted by atomic mass is 10.1. The Hall–Kier alpha value is -2.42. The first-order valence-electron chi connectivity index (χ1n) is 8.18. The molecule has 0 spiro atoms. The van der Waals surface area contributed by atoms with Crippen molar-refractivity contribution in [3.63, 3.8) is 0 Å². The molecule has 0 bridgehead atoms. The average Bonchev–Trinajstić information content (AvgIpc) is 3.16. The number of aromatic nitrogens is 3. The fourth-order valence-electron chi connectivity index (χ4n) is 2.61. The second kappa shape index (κ2) is 7.06. The summed E-state index contributed by atoms with van der Waals surface area (Å²) in [5, 5.41) is 2.37. The summed E-state index contributed by atoms with van der Waals surface area (Å²) in [7, 11) is 0. The van der Waals surface area contributed by atoms with Gasteiger partial charge < -0.3 is 0 Å². The molecule has 1 N–H and O–H groups in total. The first-order chi connectivity index (χ1) is 12.4. The van der Waals surface area contributed by atoms with Crippen LogP contribution in [0.3, 0.4) is 0 Å². The van der Waals surface area contributed by atoms with Crippen LogP contribution in [-0.2, 0) is 6.18 Å². The van der Waals surface area contributed by atoms with Gasteiger partial charge in [-0.15, -0.1) is 0 Å². The first-order valence-corrected chi connectivity index (χ1v) is 9.00. The smallest absolute Gasteiger partial charge is 0.289 e. The Morgan fingerprint density at radius 3 is 2.65 bits per heavy atom. The Labute approximate surface area is 151 Å². The normalized spacial score (nSPS) is 12.9. The van der Waals surface area contributed by atoms with Crippen LogP contribution < -0.4 is 5.56 Å². The predicted octanol–water partition coefficient (Wildman–Crippen LogP) is 4.40. The molecule has 3 rings (SSSR count). The van der Waals surface area contributed by atoms with E-state index in [1.54, 1.807) is 31.2 Å². The first kappa shape index (κ1) is 18.4. The van der Waals surface area contributed by atoms with Crippen molar-refractivity contribution in [1.29, 1.82) is 0 Å². The highest BCUT2D eigenvalue weighted by molar-refractivity contribution is 7.20. The minimum atomic E-state index is -4.70. The number of alkyl halides is 3. The summed E-state index contributed by atoms with van der Waals surface area (Å²) < 4.78 is 42.2. The van der Waals surface area contributed by atoms with Gasteiger partial charge in [-0.3, -0.25) is 14.9 Å². The minimum absolute atomic E-state index is 0.153. The van der Waals surface area contributed by atoms with Crippen molar-refractivity contribution in [2.75, 3.05) is 6.54 Å². The van der Waals surface area contributed by atoms with E-state index in [1.165, 1.54) is 0 Å². The maximum absolute atomic E-state index is 13.5. The van der Waals surface area contributed by atoms with Crippen molar-refractivity contribution in [1.82, 2.24) is 14.8 Å². The standard InChI is InChI=1S/C17H17F3N4OS/c1-3-9-21-10(4-2)13-14(17(18,19)20)23-24(15(13)25)16-22-11-7-5-6-8-12(11)26-16/h5-8,23H,3-4,9H2,1-2H3. The lowest BCUT2D eigenvalue weighted by Crippen LogP contribution is -2.22. The zero-order valence-corrected chi connectivity index (χ0v) is 15.0. The summed E-state index contributed by atoms with van der Waals surface area (Å²) in [6, 6.07) is 7.13. The molecule has 3 aromatic rings. The van der Waals surface area contributed by atoms with Gasteiger partial charge in [-0.1, -0.05) is 37.3 Å². The molecular formula is C17H17F3N4OS. The molecule has 0 fully saturated rings. The number of H-pyrrole nitrogens is 1. The molecule has 0 radical (unpaired) electrons. The molecule has 138 valence electrons. The predicted molar refractivity (Wildman–Crippen MR) is 96.6 cm³/mol. The molecule has 0 saturated heterocycles. The van der Waals surface area contributed by atoms with Crippen LogP contribution in [0.25, 0.3) is 15.3 Å². The molecule has 26 heavy (non-hydrogen) atoms. The zero-order chi connectivity index (χ0) is 18.9. The number of fused-ring (bicyclic) bond motifs is 1. The molecule has 0 aliphatic heterocycles. The molecule has 5 nitrogen and oxygen atoms in total. The van der Waals surface area contributed by atoms with Crippen LogP contribution in [0.15, 0.2) is 34.1 Å². The highest BCUT2D eigenvalue weighted by atomic mass is 32.1. The number of aliphatic imine (C=N–C) groups is 1. The number of nitrogens with one attached hydrogen (secondary N) is 1. The van der Waals surface area contributed by atoms with E-state index in [2.05, 4.69) is 15.1 Å². The lowest BCUT2D eigenvalue weighted by molar-refractivity contribution is -0.141. The summed E-state index contributed by atoms with van der Waals surface area (Å²) in [4.78, 5) is 21.2. The average molecular weight is 382 g/mol. The highest BCUT2D eigenvalue weighted by Gasteiger charge is 2.39. The van der Waals surface area contributed by atoms with E-state index in [1.807, 2.05) is 6.92 Å². The van der Waals surface area contributed by atoms with E-state index in [-0.39, 0.29) is 17.3 Å². The van der Waals surface area contributed by atoms with Gasteiger partial charge in [0.2, 0.25) is 5.13 Å². The fourth-order valence-corrected chi connectivity index (χ4v) is 3.54. The van der Waals surface area contributed by atoms with Crippen LogP contribution in [0.1, 0.15) is 37.9 Å². The molecule has 1 aromatic carbocycles. The second-order valence-corrected chi connectivity index (χ2v) is 6.66. The molecular weight excluding hydrogens is 365 g/mol. The van der Waals surface area contributed by atoms with E-state index in [4.69, 9.17) is 0 Å². The molecule has 0 aliphatic carbocycles. The number of hydrogen-bond donors (Lipinski definition) is 1. The number of para-hydroxylation sites is 1. The molecule has 0 unspecified atom stereocenters. The van der Waals surface area contributed by atoms with Crippen LogP contribution in [0.2, 0.25) is 0 Å². The zero-order valence-electron chi connectivity index (χ0n) is 14.2. The third-order valence-electron chi connectivity index (χ3n) is 3.80. The number of thiazole rings is 1. The molecule has 2 aromatic heterocycles.